The number of alkyl carbamates (subject to hydrolysis) is 1. The maximum absolute atomic E-state index is 15.6. The number of likely N-dealkylation sites (tertiary alicyclic amines) is 1. The number of amides is 2. The molecule has 1 spiro atoms. The minimum absolute atomic E-state index is 0.0882. The summed E-state index contributed by atoms with van der Waals surface area (Å²) in [5.41, 5.74) is -2.56. The number of nitrogens with one attached hydrogen (secondary N) is 1. The normalized spacial score (nSPS) is 29.0. The molecule has 0 radical (unpaired) electrons. The third-order valence-corrected chi connectivity index (χ3v) is 7.40. The molecule has 1 saturated carbocycles. The zero-order valence-electron chi connectivity index (χ0n) is 18.9. The smallest absolute Gasteiger partial charge is 0.407 e. The van der Waals surface area contributed by atoms with E-state index in [-0.39, 0.29) is 42.6 Å². The third kappa shape index (κ3) is 3.98. The van der Waals surface area contributed by atoms with Gasteiger partial charge in [0.15, 0.2) is 0 Å². The summed E-state index contributed by atoms with van der Waals surface area (Å²) in [4.78, 5) is 26.1. The van der Waals surface area contributed by atoms with E-state index < -0.39 is 72.0 Å². The number of alkyl halides is 3. The van der Waals surface area contributed by atoms with Gasteiger partial charge in [0.05, 0.1) is 19.2 Å². The lowest BCUT2D eigenvalue weighted by Crippen LogP contribution is -2.68. The minimum Gasteiger partial charge on any atom is -0.449 e. The Morgan fingerprint density at radius 1 is 1.11 bits per heavy atom. The Balaban J connectivity index is 1.55. The molecule has 192 valence electrons. The molecular weight excluding hydrogens is 490 g/mol. The van der Waals surface area contributed by atoms with Crippen molar-refractivity contribution in [2.24, 2.45) is 5.92 Å². The molecular formula is C25H22F6N2O3. The van der Waals surface area contributed by atoms with E-state index in [2.05, 4.69) is 5.32 Å². The van der Waals surface area contributed by atoms with Crippen molar-refractivity contribution in [1.82, 2.24) is 10.2 Å². The van der Waals surface area contributed by atoms with Gasteiger partial charge >= 0.3 is 6.09 Å². The summed E-state index contributed by atoms with van der Waals surface area (Å²) in [6, 6.07) is 5.16. The van der Waals surface area contributed by atoms with Crippen LogP contribution in [0.3, 0.4) is 0 Å². The maximum atomic E-state index is 15.6. The number of carbonyl (C=O) groups is 2. The van der Waals surface area contributed by atoms with Gasteiger partial charge in [0.1, 0.15) is 29.2 Å². The average Bonchev–Trinajstić information content (AvgIpc) is 2.98. The molecule has 2 aliphatic heterocycles. The lowest BCUT2D eigenvalue weighted by molar-refractivity contribution is -0.142. The largest absolute Gasteiger partial charge is 0.449 e. The Labute approximate surface area is 202 Å². The Hall–Kier alpha value is -3.24. The highest BCUT2D eigenvalue weighted by Gasteiger charge is 2.69. The number of cyclic esters (lactones) is 1. The molecule has 3 aliphatic rings. The summed E-state index contributed by atoms with van der Waals surface area (Å²) < 4.78 is 92.3. The molecule has 0 aromatic heterocycles. The molecule has 2 heterocycles. The first-order chi connectivity index (χ1) is 17.0. The van der Waals surface area contributed by atoms with E-state index >= 15 is 13.2 Å². The van der Waals surface area contributed by atoms with Crippen molar-refractivity contribution in [3.8, 4) is 11.1 Å². The quantitative estimate of drug-likeness (QED) is 0.601. The van der Waals surface area contributed by atoms with Gasteiger partial charge in [-0.3, -0.25) is 4.79 Å². The first kappa shape index (κ1) is 24.5. The van der Waals surface area contributed by atoms with Crippen LogP contribution in [0, 0.1) is 23.4 Å². The second-order valence-corrected chi connectivity index (χ2v) is 9.58. The molecule has 2 aromatic rings. The van der Waals surface area contributed by atoms with Crippen molar-refractivity contribution in [2.75, 3.05) is 13.2 Å². The van der Waals surface area contributed by atoms with Gasteiger partial charge in [-0.15, -0.1) is 0 Å². The van der Waals surface area contributed by atoms with Crippen molar-refractivity contribution in [1.29, 1.82) is 0 Å². The van der Waals surface area contributed by atoms with Crippen LogP contribution in [0.25, 0.3) is 11.1 Å². The van der Waals surface area contributed by atoms with E-state index in [1.807, 2.05) is 0 Å². The Morgan fingerprint density at radius 2 is 1.81 bits per heavy atom. The maximum Gasteiger partial charge on any atom is 0.407 e. The SMILES string of the molecule is O=C1N[C@]2(CCO1)[C@H](Cc1cccc(-c3cc(F)cc(F)c3)c1F)N(C(=O)C1CC(F)C1)CC2(F)F. The molecule has 11 heteroatoms. The molecule has 2 saturated heterocycles. The average molecular weight is 512 g/mol. The van der Waals surface area contributed by atoms with Gasteiger partial charge < -0.3 is 15.0 Å². The van der Waals surface area contributed by atoms with Crippen LogP contribution in [0.2, 0.25) is 0 Å². The fourth-order valence-corrected chi connectivity index (χ4v) is 5.46. The molecule has 2 amide bonds. The van der Waals surface area contributed by atoms with Gasteiger partial charge in [-0.2, -0.15) is 0 Å². The zero-order valence-corrected chi connectivity index (χ0v) is 18.9. The van der Waals surface area contributed by atoms with Gasteiger partial charge in [0.2, 0.25) is 5.91 Å². The predicted molar refractivity (Wildman–Crippen MR) is 115 cm³/mol. The third-order valence-electron chi connectivity index (χ3n) is 7.40. The molecule has 2 atom stereocenters. The van der Waals surface area contributed by atoms with Crippen LogP contribution in [-0.2, 0) is 16.0 Å². The number of nitrogens with zero attached hydrogens (tertiary/aromatic N) is 1. The van der Waals surface area contributed by atoms with Crippen molar-refractivity contribution >= 4 is 12.0 Å². The summed E-state index contributed by atoms with van der Waals surface area (Å²) in [7, 11) is 0. The Bertz CT molecular complexity index is 1200. The number of hydrogen-bond donors (Lipinski definition) is 1. The van der Waals surface area contributed by atoms with Crippen molar-refractivity contribution < 1.29 is 40.7 Å². The van der Waals surface area contributed by atoms with Crippen molar-refractivity contribution in [3.63, 3.8) is 0 Å². The van der Waals surface area contributed by atoms with Crippen LogP contribution >= 0.6 is 0 Å². The number of hydrogen-bond acceptors (Lipinski definition) is 3. The molecule has 0 bridgehead atoms. The topological polar surface area (TPSA) is 58.6 Å². The molecule has 2 aromatic carbocycles. The molecule has 3 fully saturated rings. The van der Waals surface area contributed by atoms with Gasteiger partial charge in [-0.1, -0.05) is 18.2 Å². The number of benzene rings is 2. The number of halogens is 6. The highest BCUT2D eigenvalue weighted by Crippen LogP contribution is 2.48. The number of ether oxygens (including phenoxy) is 1. The molecule has 36 heavy (non-hydrogen) atoms. The summed E-state index contributed by atoms with van der Waals surface area (Å²) in [6.45, 7) is -1.36. The van der Waals surface area contributed by atoms with Crippen LogP contribution in [0.5, 0.6) is 0 Å². The van der Waals surface area contributed by atoms with E-state index in [1.165, 1.54) is 18.2 Å². The van der Waals surface area contributed by atoms with E-state index in [9.17, 15) is 22.8 Å². The Kier molecular flexibility index (Phi) is 5.91. The predicted octanol–water partition coefficient (Wildman–Crippen LogP) is 4.78. The second kappa shape index (κ2) is 8.70. The molecule has 0 unspecified atom stereocenters. The van der Waals surface area contributed by atoms with Crippen molar-refractivity contribution in [3.05, 3.63) is 59.4 Å². The lowest BCUT2D eigenvalue weighted by atomic mass is 9.79. The summed E-state index contributed by atoms with van der Waals surface area (Å²) >= 11 is 0. The van der Waals surface area contributed by atoms with E-state index in [4.69, 9.17) is 4.74 Å². The van der Waals surface area contributed by atoms with Gasteiger partial charge in [0, 0.05) is 24.0 Å². The fraction of sp³-hybridized carbons (Fsp3) is 0.440. The molecule has 5 nitrogen and oxygen atoms in total. The zero-order chi connectivity index (χ0) is 25.8. The highest BCUT2D eigenvalue weighted by atomic mass is 19.3. The second-order valence-electron chi connectivity index (χ2n) is 9.58. The van der Waals surface area contributed by atoms with E-state index in [1.54, 1.807) is 0 Å². The first-order valence-corrected chi connectivity index (χ1v) is 11.5. The monoisotopic (exact) mass is 512 g/mol. The van der Waals surface area contributed by atoms with Gasteiger partial charge in [0.25, 0.3) is 5.92 Å². The summed E-state index contributed by atoms with van der Waals surface area (Å²) in [5.74, 6) is -7.78. The van der Waals surface area contributed by atoms with Crippen LogP contribution in [0.1, 0.15) is 24.8 Å². The van der Waals surface area contributed by atoms with Gasteiger partial charge in [-0.25, -0.2) is 31.1 Å². The number of rotatable bonds is 4. The molecule has 1 N–H and O–H groups in total. The highest BCUT2D eigenvalue weighted by molar-refractivity contribution is 5.82. The van der Waals surface area contributed by atoms with Crippen LogP contribution in [-0.4, -0.2) is 53.7 Å². The summed E-state index contributed by atoms with van der Waals surface area (Å²) in [5, 5.41) is 2.20. The fourth-order valence-electron chi connectivity index (χ4n) is 5.46. The van der Waals surface area contributed by atoms with E-state index in [0.717, 1.165) is 17.0 Å². The van der Waals surface area contributed by atoms with Crippen LogP contribution in [0.4, 0.5) is 31.1 Å². The molecule has 1 aliphatic carbocycles. The van der Waals surface area contributed by atoms with E-state index in [0.29, 0.717) is 6.07 Å². The number of carbonyl (C=O) groups excluding carboxylic acids is 2. The van der Waals surface area contributed by atoms with Crippen LogP contribution in [0.15, 0.2) is 36.4 Å². The lowest BCUT2D eigenvalue weighted by Gasteiger charge is -2.43. The Morgan fingerprint density at radius 3 is 2.44 bits per heavy atom. The first-order valence-electron chi connectivity index (χ1n) is 11.5. The van der Waals surface area contributed by atoms with Gasteiger partial charge in [-0.05, 0) is 42.5 Å². The van der Waals surface area contributed by atoms with Crippen LogP contribution < -0.4 is 5.32 Å². The molecule has 5 rings (SSSR count). The standard InChI is InChI=1S/C25H22F6N2O3/c26-16-8-15(9-16)22(34)33-12-25(30,31)24(4-5-36-23(35)32-24)20(33)10-13-2-1-3-19(21(13)29)14-6-17(27)11-18(28)7-14/h1-3,6-7,11,15-16,20H,4-5,8-10,12H2,(H,32,35)/t15?,16?,20-,24+/m0/s1. The van der Waals surface area contributed by atoms with Crippen molar-refractivity contribution in [2.45, 2.75) is 49.4 Å². The summed E-state index contributed by atoms with van der Waals surface area (Å²) in [6.07, 6.45) is -3.23. The minimum atomic E-state index is -3.58.